The predicted molar refractivity (Wildman–Crippen MR) is 74.7 cm³/mol. The third-order valence-electron chi connectivity index (χ3n) is 4.44. The van der Waals surface area contributed by atoms with Crippen LogP contribution in [0.1, 0.15) is 58.3 Å². The molecule has 2 aliphatic heterocycles. The molecule has 19 heavy (non-hydrogen) atoms. The summed E-state index contributed by atoms with van der Waals surface area (Å²) in [6.45, 7) is 4.38. The van der Waals surface area contributed by atoms with Crippen molar-refractivity contribution in [3.63, 3.8) is 0 Å². The lowest BCUT2D eigenvalue weighted by atomic mass is 10.00. The summed E-state index contributed by atoms with van der Waals surface area (Å²) in [6, 6.07) is 0.275. The van der Waals surface area contributed by atoms with E-state index in [1.807, 2.05) is 4.90 Å². The highest BCUT2D eigenvalue weighted by Gasteiger charge is 2.32. The maximum absolute atomic E-state index is 12.4. The van der Waals surface area contributed by atoms with Gasteiger partial charge in [0.15, 0.2) is 0 Å². The van der Waals surface area contributed by atoms with Gasteiger partial charge in [0.2, 0.25) is 0 Å². The van der Waals surface area contributed by atoms with Crippen LogP contribution in [0, 0.1) is 0 Å². The second kappa shape index (κ2) is 6.92. The minimum Gasteiger partial charge on any atom is -0.334 e. The molecule has 2 rings (SSSR count). The number of carbonyl (C=O) groups excluding carboxylic acids is 2. The van der Waals surface area contributed by atoms with Crippen LogP contribution in [0.4, 0.5) is 0 Å². The molecule has 0 aromatic rings. The molecule has 0 bridgehead atoms. The Morgan fingerprint density at radius 2 is 1.53 bits per heavy atom. The first-order valence-electron chi connectivity index (χ1n) is 7.84. The SMILES string of the molecule is CCC1CCCCN1C(=O)C(=O)N1CCCCCC1. The van der Waals surface area contributed by atoms with E-state index in [0.717, 1.165) is 51.7 Å². The molecule has 0 aromatic heterocycles. The molecule has 1 atom stereocenters. The number of hydrogen-bond acceptors (Lipinski definition) is 2. The zero-order valence-electron chi connectivity index (χ0n) is 12.1. The van der Waals surface area contributed by atoms with Crippen molar-refractivity contribution in [2.24, 2.45) is 0 Å². The van der Waals surface area contributed by atoms with Crippen LogP contribution < -0.4 is 0 Å². The summed E-state index contributed by atoms with van der Waals surface area (Å²) in [7, 11) is 0. The van der Waals surface area contributed by atoms with Crippen LogP contribution >= 0.6 is 0 Å². The molecule has 0 saturated carbocycles. The van der Waals surface area contributed by atoms with Crippen LogP contribution in [-0.4, -0.2) is 47.3 Å². The Labute approximate surface area is 116 Å². The normalized spacial score (nSPS) is 25.0. The van der Waals surface area contributed by atoms with E-state index < -0.39 is 0 Å². The first kappa shape index (κ1) is 14.4. The molecule has 4 nitrogen and oxygen atoms in total. The summed E-state index contributed by atoms with van der Waals surface area (Å²) in [5.41, 5.74) is 0. The van der Waals surface area contributed by atoms with E-state index in [1.165, 1.54) is 19.3 Å². The molecular weight excluding hydrogens is 240 g/mol. The minimum absolute atomic E-state index is 0.256. The summed E-state index contributed by atoms with van der Waals surface area (Å²) < 4.78 is 0. The fraction of sp³-hybridized carbons (Fsp3) is 0.867. The molecular formula is C15H26N2O2. The number of rotatable bonds is 1. The number of hydrogen-bond donors (Lipinski definition) is 0. The Hall–Kier alpha value is -1.06. The molecule has 2 heterocycles. The Bertz CT molecular complexity index is 322. The van der Waals surface area contributed by atoms with E-state index in [-0.39, 0.29) is 17.9 Å². The Morgan fingerprint density at radius 3 is 2.16 bits per heavy atom. The van der Waals surface area contributed by atoms with E-state index >= 15 is 0 Å². The van der Waals surface area contributed by atoms with E-state index in [4.69, 9.17) is 0 Å². The van der Waals surface area contributed by atoms with Gasteiger partial charge in [-0.1, -0.05) is 19.8 Å². The third kappa shape index (κ3) is 3.48. The summed E-state index contributed by atoms with van der Waals surface area (Å²) in [5.74, 6) is -0.518. The molecule has 0 spiro atoms. The summed E-state index contributed by atoms with van der Waals surface area (Å²) in [6.07, 6.45) is 8.66. The Morgan fingerprint density at radius 1 is 0.895 bits per heavy atom. The zero-order valence-corrected chi connectivity index (χ0v) is 12.1. The van der Waals surface area contributed by atoms with Crippen molar-refractivity contribution in [2.45, 2.75) is 64.3 Å². The van der Waals surface area contributed by atoms with E-state index in [1.54, 1.807) is 4.90 Å². The highest BCUT2D eigenvalue weighted by molar-refractivity contribution is 6.35. The molecule has 1 unspecified atom stereocenters. The number of amides is 2. The van der Waals surface area contributed by atoms with Crippen LogP contribution in [0.5, 0.6) is 0 Å². The zero-order chi connectivity index (χ0) is 13.7. The highest BCUT2D eigenvalue weighted by atomic mass is 16.2. The summed E-state index contributed by atoms with van der Waals surface area (Å²) >= 11 is 0. The Kier molecular flexibility index (Phi) is 5.23. The second-order valence-electron chi connectivity index (χ2n) is 5.76. The molecule has 0 aromatic carbocycles. The van der Waals surface area contributed by atoms with Gasteiger partial charge in [-0.25, -0.2) is 0 Å². The predicted octanol–water partition coefficient (Wildman–Crippen LogP) is 2.18. The number of carbonyl (C=O) groups is 2. The van der Waals surface area contributed by atoms with Crippen LogP contribution in [0.3, 0.4) is 0 Å². The largest absolute Gasteiger partial charge is 0.334 e. The minimum atomic E-state index is -0.262. The molecule has 0 radical (unpaired) electrons. The lowest BCUT2D eigenvalue weighted by Crippen LogP contribution is -2.51. The van der Waals surface area contributed by atoms with Crippen molar-refractivity contribution in [2.75, 3.05) is 19.6 Å². The van der Waals surface area contributed by atoms with Gasteiger partial charge in [-0.2, -0.15) is 0 Å². The average molecular weight is 266 g/mol. The van der Waals surface area contributed by atoms with Gasteiger partial charge in [-0.15, -0.1) is 0 Å². The number of likely N-dealkylation sites (tertiary alicyclic amines) is 2. The van der Waals surface area contributed by atoms with Gasteiger partial charge in [-0.05, 0) is 38.5 Å². The van der Waals surface area contributed by atoms with Gasteiger partial charge in [0, 0.05) is 25.7 Å². The first-order valence-corrected chi connectivity index (χ1v) is 7.84. The van der Waals surface area contributed by atoms with Crippen LogP contribution in [0.15, 0.2) is 0 Å². The second-order valence-corrected chi connectivity index (χ2v) is 5.76. The van der Waals surface area contributed by atoms with E-state index in [2.05, 4.69) is 6.92 Å². The summed E-state index contributed by atoms with van der Waals surface area (Å²) in [4.78, 5) is 28.4. The van der Waals surface area contributed by atoms with Crippen molar-refractivity contribution in [1.82, 2.24) is 9.80 Å². The Balaban J connectivity index is 1.98. The molecule has 4 heteroatoms. The third-order valence-corrected chi connectivity index (χ3v) is 4.44. The first-order chi connectivity index (χ1) is 9.24. The van der Waals surface area contributed by atoms with E-state index in [0.29, 0.717) is 0 Å². The molecule has 2 fully saturated rings. The highest BCUT2D eigenvalue weighted by Crippen LogP contribution is 2.20. The van der Waals surface area contributed by atoms with Crippen LogP contribution in [0.2, 0.25) is 0 Å². The van der Waals surface area contributed by atoms with Crippen LogP contribution in [-0.2, 0) is 9.59 Å². The van der Waals surface area contributed by atoms with Gasteiger partial charge in [0.25, 0.3) is 0 Å². The van der Waals surface area contributed by atoms with Gasteiger partial charge < -0.3 is 9.80 Å². The average Bonchev–Trinajstić information content (AvgIpc) is 2.74. The van der Waals surface area contributed by atoms with Crippen molar-refractivity contribution < 1.29 is 9.59 Å². The molecule has 0 aliphatic carbocycles. The molecule has 2 amide bonds. The summed E-state index contributed by atoms with van der Waals surface area (Å²) in [5, 5.41) is 0. The fourth-order valence-corrected chi connectivity index (χ4v) is 3.22. The van der Waals surface area contributed by atoms with Gasteiger partial charge in [0.1, 0.15) is 0 Å². The van der Waals surface area contributed by atoms with E-state index in [9.17, 15) is 9.59 Å². The molecule has 2 saturated heterocycles. The molecule has 0 N–H and O–H groups in total. The number of piperidine rings is 1. The maximum Gasteiger partial charge on any atom is 0.312 e. The molecule has 2 aliphatic rings. The van der Waals surface area contributed by atoms with Crippen LogP contribution in [0.25, 0.3) is 0 Å². The van der Waals surface area contributed by atoms with Crippen molar-refractivity contribution in [3.8, 4) is 0 Å². The topological polar surface area (TPSA) is 40.6 Å². The quantitative estimate of drug-likeness (QED) is 0.683. The van der Waals surface area contributed by atoms with Crippen molar-refractivity contribution in [1.29, 1.82) is 0 Å². The maximum atomic E-state index is 12.4. The van der Waals surface area contributed by atoms with Gasteiger partial charge >= 0.3 is 11.8 Å². The monoisotopic (exact) mass is 266 g/mol. The lowest BCUT2D eigenvalue weighted by Gasteiger charge is -2.35. The number of nitrogens with zero attached hydrogens (tertiary/aromatic N) is 2. The lowest BCUT2D eigenvalue weighted by molar-refractivity contribution is -0.154. The van der Waals surface area contributed by atoms with Gasteiger partial charge in [-0.3, -0.25) is 9.59 Å². The van der Waals surface area contributed by atoms with Crippen molar-refractivity contribution in [3.05, 3.63) is 0 Å². The standard InChI is InChI=1S/C15H26N2O2/c1-2-13-9-5-8-12-17(13)15(19)14(18)16-10-6-3-4-7-11-16/h13H,2-12H2,1H3. The smallest absolute Gasteiger partial charge is 0.312 e. The molecule has 108 valence electrons. The fourth-order valence-electron chi connectivity index (χ4n) is 3.22. The van der Waals surface area contributed by atoms with Crippen molar-refractivity contribution >= 4 is 11.8 Å². The van der Waals surface area contributed by atoms with Gasteiger partial charge in [0.05, 0.1) is 0 Å².